The van der Waals surface area contributed by atoms with Crippen LogP contribution in [-0.2, 0) is 4.74 Å². The quantitative estimate of drug-likeness (QED) is 0.738. The van der Waals surface area contributed by atoms with Gasteiger partial charge >= 0.3 is 0 Å². The minimum absolute atomic E-state index is 0.451. The predicted octanol–water partition coefficient (Wildman–Crippen LogP) is 4.29. The molecule has 2 nitrogen and oxygen atoms in total. The molecule has 0 aromatic heterocycles. The lowest BCUT2D eigenvalue weighted by atomic mass is 9.86. The summed E-state index contributed by atoms with van der Waals surface area (Å²) in [5.74, 6) is 1.58. The van der Waals surface area contributed by atoms with E-state index in [1.165, 1.54) is 22.3 Å². The minimum Gasteiger partial charge on any atom is -0.494 e. The summed E-state index contributed by atoms with van der Waals surface area (Å²) in [4.78, 5) is 0. The van der Waals surface area contributed by atoms with Crippen molar-refractivity contribution >= 4 is 0 Å². The normalized spacial score (nSPS) is 23.3. The first-order valence-corrected chi connectivity index (χ1v) is 7.34. The van der Waals surface area contributed by atoms with Crippen LogP contribution in [-0.4, -0.2) is 18.8 Å². The van der Waals surface area contributed by atoms with E-state index < -0.39 is 0 Å². The van der Waals surface area contributed by atoms with Gasteiger partial charge in [-0.1, -0.05) is 6.92 Å². The van der Waals surface area contributed by atoms with Gasteiger partial charge in [-0.05, 0) is 75.3 Å². The van der Waals surface area contributed by atoms with E-state index >= 15 is 0 Å². The molecule has 1 aromatic carbocycles. The number of hydrogen-bond donors (Lipinski definition) is 0. The SMILES string of the molecule is CCOc1cc(C)c(C(C)CC2OC2C)c(C)c1C. The van der Waals surface area contributed by atoms with Crippen LogP contribution in [0.15, 0.2) is 6.07 Å². The molecule has 1 fully saturated rings. The molecule has 0 amide bonds. The van der Waals surface area contributed by atoms with Crippen LogP contribution >= 0.6 is 0 Å². The van der Waals surface area contributed by atoms with E-state index in [-0.39, 0.29) is 0 Å². The van der Waals surface area contributed by atoms with Gasteiger partial charge in [0.15, 0.2) is 0 Å². The molecule has 2 heteroatoms. The summed E-state index contributed by atoms with van der Waals surface area (Å²) in [7, 11) is 0. The predicted molar refractivity (Wildman–Crippen MR) is 79.2 cm³/mol. The first-order valence-electron chi connectivity index (χ1n) is 7.34. The smallest absolute Gasteiger partial charge is 0.122 e. The summed E-state index contributed by atoms with van der Waals surface area (Å²) in [5, 5.41) is 0. The van der Waals surface area contributed by atoms with Crippen LogP contribution in [0.25, 0.3) is 0 Å². The van der Waals surface area contributed by atoms with Crippen molar-refractivity contribution < 1.29 is 9.47 Å². The summed E-state index contributed by atoms with van der Waals surface area (Å²) >= 11 is 0. The van der Waals surface area contributed by atoms with Gasteiger partial charge in [-0.25, -0.2) is 0 Å². The van der Waals surface area contributed by atoms with Gasteiger partial charge in [0.05, 0.1) is 18.8 Å². The average Bonchev–Trinajstić information content (AvgIpc) is 3.01. The Morgan fingerprint density at radius 1 is 1.26 bits per heavy atom. The molecular weight excluding hydrogens is 236 g/mol. The summed E-state index contributed by atoms with van der Waals surface area (Å²) in [6, 6.07) is 2.19. The fraction of sp³-hybridized carbons (Fsp3) is 0.647. The van der Waals surface area contributed by atoms with E-state index in [1.54, 1.807) is 0 Å². The van der Waals surface area contributed by atoms with Crippen molar-refractivity contribution in [2.75, 3.05) is 6.61 Å². The summed E-state index contributed by atoms with van der Waals surface area (Å²) in [5.41, 5.74) is 5.47. The molecule has 1 saturated heterocycles. The van der Waals surface area contributed by atoms with Crippen LogP contribution < -0.4 is 4.74 Å². The Morgan fingerprint density at radius 3 is 2.42 bits per heavy atom. The second-order valence-corrected chi connectivity index (χ2v) is 5.80. The number of benzene rings is 1. The van der Waals surface area contributed by atoms with Crippen LogP contribution in [0.5, 0.6) is 5.75 Å². The molecule has 1 aromatic rings. The Labute approximate surface area is 117 Å². The lowest BCUT2D eigenvalue weighted by Gasteiger charge is -2.21. The number of ether oxygens (including phenoxy) is 2. The Morgan fingerprint density at radius 2 is 1.89 bits per heavy atom. The van der Waals surface area contributed by atoms with Crippen molar-refractivity contribution in [1.82, 2.24) is 0 Å². The van der Waals surface area contributed by atoms with Gasteiger partial charge in [0.1, 0.15) is 5.75 Å². The lowest BCUT2D eigenvalue weighted by molar-refractivity contribution is 0.337. The number of hydrogen-bond acceptors (Lipinski definition) is 2. The Kier molecular flexibility index (Phi) is 4.19. The van der Waals surface area contributed by atoms with Crippen LogP contribution in [0.3, 0.4) is 0 Å². The highest BCUT2D eigenvalue weighted by molar-refractivity contribution is 5.49. The van der Waals surface area contributed by atoms with E-state index in [2.05, 4.69) is 40.7 Å². The fourth-order valence-electron chi connectivity index (χ4n) is 3.07. The molecule has 19 heavy (non-hydrogen) atoms. The van der Waals surface area contributed by atoms with Gasteiger partial charge in [-0.2, -0.15) is 0 Å². The highest BCUT2D eigenvalue weighted by atomic mass is 16.6. The van der Waals surface area contributed by atoms with Crippen LogP contribution in [0.2, 0.25) is 0 Å². The first-order chi connectivity index (χ1) is 8.95. The van der Waals surface area contributed by atoms with Crippen molar-refractivity contribution in [3.05, 3.63) is 28.3 Å². The summed E-state index contributed by atoms with van der Waals surface area (Å²) in [6.07, 6.45) is 2.03. The molecule has 3 unspecified atom stereocenters. The van der Waals surface area contributed by atoms with Gasteiger partial charge in [0.2, 0.25) is 0 Å². The monoisotopic (exact) mass is 262 g/mol. The van der Waals surface area contributed by atoms with Crippen molar-refractivity contribution in [3.63, 3.8) is 0 Å². The maximum absolute atomic E-state index is 5.72. The van der Waals surface area contributed by atoms with Gasteiger partial charge in [0.25, 0.3) is 0 Å². The number of aryl methyl sites for hydroxylation is 1. The first kappa shape index (κ1) is 14.4. The molecule has 0 aliphatic carbocycles. The summed E-state index contributed by atoms with van der Waals surface area (Å²) in [6.45, 7) is 13.8. The maximum atomic E-state index is 5.72. The van der Waals surface area contributed by atoms with E-state index in [1.807, 2.05) is 6.92 Å². The Balaban J connectivity index is 2.26. The summed E-state index contributed by atoms with van der Waals surface area (Å²) < 4.78 is 11.3. The molecule has 0 N–H and O–H groups in total. The van der Waals surface area contributed by atoms with Crippen molar-refractivity contribution in [2.45, 2.75) is 66.1 Å². The molecule has 1 aliphatic rings. The highest BCUT2D eigenvalue weighted by Gasteiger charge is 2.35. The number of epoxide rings is 1. The van der Waals surface area contributed by atoms with Gasteiger partial charge in [-0.3, -0.25) is 0 Å². The Hall–Kier alpha value is -1.02. The Bertz CT molecular complexity index is 465. The average molecular weight is 262 g/mol. The third-order valence-corrected chi connectivity index (χ3v) is 4.32. The van der Waals surface area contributed by atoms with E-state index in [0.717, 1.165) is 18.8 Å². The van der Waals surface area contributed by atoms with E-state index in [4.69, 9.17) is 9.47 Å². The van der Waals surface area contributed by atoms with Crippen molar-refractivity contribution in [1.29, 1.82) is 0 Å². The third-order valence-electron chi connectivity index (χ3n) is 4.32. The zero-order valence-electron chi connectivity index (χ0n) is 13.0. The molecule has 1 aliphatic heterocycles. The largest absolute Gasteiger partial charge is 0.494 e. The zero-order chi connectivity index (χ0) is 14.2. The van der Waals surface area contributed by atoms with Crippen LogP contribution in [0.1, 0.15) is 55.4 Å². The van der Waals surface area contributed by atoms with Gasteiger partial charge in [0, 0.05) is 0 Å². The van der Waals surface area contributed by atoms with Crippen molar-refractivity contribution in [2.24, 2.45) is 0 Å². The molecule has 0 saturated carbocycles. The molecule has 3 atom stereocenters. The molecule has 0 radical (unpaired) electrons. The molecule has 0 bridgehead atoms. The molecule has 0 spiro atoms. The van der Waals surface area contributed by atoms with Gasteiger partial charge < -0.3 is 9.47 Å². The third kappa shape index (κ3) is 2.94. The maximum Gasteiger partial charge on any atom is 0.122 e. The highest BCUT2D eigenvalue weighted by Crippen LogP contribution is 2.37. The van der Waals surface area contributed by atoms with Crippen molar-refractivity contribution in [3.8, 4) is 5.75 Å². The topological polar surface area (TPSA) is 21.8 Å². The standard InChI is InChI=1S/C17H26O2/c1-7-18-15-8-10(2)17(13(5)12(15)4)11(3)9-16-14(6)19-16/h8,11,14,16H,7,9H2,1-6H3. The van der Waals surface area contributed by atoms with Gasteiger partial charge in [-0.15, -0.1) is 0 Å². The molecular formula is C17H26O2. The second-order valence-electron chi connectivity index (χ2n) is 5.80. The molecule has 106 valence electrons. The minimum atomic E-state index is 0.451. The van der Waals surface area contributed by atoms with Crippen LogP contribution in [0.4, 0.5) is 0 Å². The number of rotatable bonds is 5. The fourth-order valence-corrected chi connectivity index (χ4v) is 3.07. The molecule has 2 rings (SSSR count). The van der Waals surface area contributed by atoms with E-state index in [9.17, 15) is 0 Å². The molecule has 1 heterocycles. The zero-order valence-corrected chi connectivity index (χ0v) is 13.0. The second kappa shape index (κ2) is 5.54. The van der Waals surface area contributed by atoms with E-state index in [0.29, 0.717) is 18.1 Å². The lowest BCUT2D eigenvalue weighted by Crippen LogP contribution is -2.07. The van der Waals surface area contributed by atoms with Crippen LogP contribution in [0, 0.1) is 20.8 Å².